The highest BCUT2D eigenvalue weighted by atomic mass is 35.5. The van der Waals surface area contributed by atoms with Gasteiger partial charge < -0.3 is 9.26 Å². The highest BCUT2D eigenvalue weighted by Gasteiger charge is 2.18. The lowest BCUT2D eigenvalue weighted by Gasteiger charge is -2.11. The molecule has 0 aliphatic heterocycles. The molecule has 0 saturated carbocycles. The number of halogens is 2. The number of benzene rings is 2. The number of thiophene rings is 1. The summed E-state index contributed by atoms with van der Waals surface area (Å²) in [5.74, 6) is 0.308. The maximum absolute atomic E-state index is 13.8. The van der Waals surface area contributed by atoms with Crippen molar-refractivity contribution in [1.29, 1.82) is 0 Å². The third-order valence-corrected chi connectivity index (χ3v) is 6.45. The molecule has 0 saturated heterocycles. The Morgan fingerprint density at radius 2 is 1.97 bits per heavy atom. The second kappa shape index (κ2) is 8.88. The summed E-state index contributed by atoms with van der Waals surface area (Å²) in [6.07, 6.45) is 0. The highest BCUT2D eigenvalue weighted by molar-refractivity contribution is 7.17. The molecule has 0 unspecified atom stereocenters. The largest absolute Gasteiger partial charge is 0.497 e. The summed E-state index contributed by atoms with van der Waals surface area (Å²) in [4.78, 5) is 30.7. The zero-order chi connectivity index (χ0) is 23.8. The standard InChI is InChI=1S/C23H16ClFN4O4S/c1-32-15-4-2-3-13(9-15)11-29-22(30)20-18(7-8-34-20)28(23(29)31)12-19-26-21(27-33-19)14-5-6-16(24)17(25)10-14/h2-10H,11-12H2,1H3. The molecule has 0 N–H and O–H groups in total. The van der Waals surface area contributed by atoms with E-state index in [-0.39, 0.29) is 35.4 Å². The Labute approximate surface area is 200 Å². The first kappa shape index (κ1) is 22.1. The number of methoxy groups -OCH3 is 1. The van der Waals surface area contributed by atoms with E-state index in [0.29, 0.717) is 21.5 Å². The van der Waals surface area contributed by atoms with Crippen LogP contribution in [0.15, 0.2) is 68.0 Å². The molecule has 5 rings (SSSR count). The topological polar surface area (TPSA) is 92.2 Å². The summed E-state index contributed by atoms with van der Waals surface area (Å²) in [7, 11) is 1.55. The molecule has 0 amide bonds. The van der Waals surface area contributed by atoms with Crippen LogP contribution in [0.2, 0.25) is 5.02 Å². The van der Waals surface area contributed by atoms with Gasteiger partial charge in [0.05, 0.1) is 24.2 Å². The predicted molar refractivity (Wildman–Crippen MR) is 126 cm³/mol. The first-order valence-corrected chi connectivity index (χ1v) is 11.3. The van der Waals surface area contributed by atoms with E-state index in [9.17, 15) is 14.0 Å². The minimum atomic E-state index is -0.605. The van der Waals surface area contributed by atoms with Crippen LogP contribution in [0.3, 0.4) is 0 Å². The van der Waals surface area contributed by atoms with Crippen molar-refractivity contribution in [3.63, 3.8) is 0 Å². The number of hydrogen-bond donors (Lipinski definition) is 0. The summed E-state index contributed by atoms with van der Waals surface area (Å²) in [6.45, 7) is 0.00930. The molecule has 34 heavy (non-hydrogen) atoms. The van der Waals surface area contributed by atoms with Crippen LogP contribution in [0.1, 0.15) is 11.5 Å². The molecule has 3 heterocycles. The van der Waals surface area contributed by atoms with E-state index >= 15 is 0 Å². The third kappa shape index (κ3) is 4.02. The van der Waals surface area contributed by atoms with Gasteiger partial charge in [-0.1, -0.05) is 28.9 Å². The van der Waals surface area contributed by atoms with E-state index < -0.39 is 11.5 Å². The van der Waals surface area contributed by atoms with Crippen molar-refractivity contribution in [2.45, 2.75) is 13.1 Å². The van der Waals surface area contributed by atoms with Gasteiger partial charge >= 0.3 is 5.69 Å². The Kier molecular flexibility index (Phi) is 5.76. The molecule has 0 aliphatic carbocycles. The lowest BCUT2D eigenvalue weighted by Crippen LogP contribution is -2.40. The molecular formula is C23H16ClFN4O4S. The fourth-order valence-electron chi connectivity index (χ4n) is 3.59. The van der Waals surface area contributed by atoms with E-state index in [1.807, 2.05) is 6.07 Å². The Morgan fingerprint density at radius 1 is 1.12 bits per heavy atom. The number of rotatable bonds is 6. The van der Waals surface area contributed by atoms with E-state index in [4.69, 9.17) is 20.9 Å². The SMILES string of the molecule is COc1cccc(Cn2c(=O)c3sccc3n(Cc3nc(-c4ccc(Cl)c(F)c4)no3)c2=O)c1. The van der Waals surface area contributed by atoms with Gasteiger partial charge in [0.2, 0.25) is 11.7 Å². The monoisotopic (exact) mass is 498 g/mol. The fourth-order valence-corrected chi connectivity index (χ4v) is 4.55. The van der Waals surface area contributed by atoms with Gasteiger partial charge in [-0.05, 0) is 47.3 Å². The number of aromatic nitrogens is 4. The molecule has 11 heteroatoms. The molecule has 0 radical (unpaired) electrons. The van der Waals surface area contributed by atoms with Crippen molar-refractivity contribution in [3.8, 4) is 17.1 Å². The Morgan fingerprint density at radius 3 is 2.76 bits per heavy atom. The van der Waals surface area contributed by atoms with Gasteiger partial charge in [-0.2, -0.15) is 4.98 Å². The molecule has 0 bridgehead atoms. The van der Waals surface area contributed by atoms with Crippen molar-refractivity contribution in [3.05, 3.63) is 97.0 Å². The fraction of sp³-hybridized carbons (Fsp3) is 0.130. The molecular weight excluding hydrogens is 483 g/mol. The summed E-state index contributed by atoms with van der Waals surface area (Å²) < 4.78 is 27.4. The average Bonchev–Trinajstić information content (AvgIpc) is 3.51. The van der Waals surface area contributed by atoms with Crippen LogP contribution in [0.4, 0.5) is 4.39 Å². The van der Waals surface area contributed by atoms with Crippen LogP contribution in [-0.4, -0.2) is 26.4 Å². The van der Waals surface area contributed by atoms with Gasteiger partial charge in [-0.3, -0.25) is 13.9 Å². The lowest BCUT2D eigenvalue weighted by molar-refractivity contribution is 0.369. The molecule has 0 aliphatic rings. The molecule has 8 nitrogen and oxygen atoms in total. The zero-order valence-corrected chi connectivity index (χ0v) is 19.3. The molecule has 0 spiro atoms. The maximum atomic E-state index is 13.8. The maximum Gasteiger partial charge on any atom is 0.332 e. The quantitative estimate of drug-likeness (QED) is 0.349. The van der Waals surface area contributed by atoms with Crippen LogP contribution in [-0.2, 0) is 13.1 Å². The minimum Gasteiger partial charge on any atom is -0.497 e. The predicted octanol–water partition coefficient (Wildman–Crippen LogP) is 4.17. The number of nitrogens with zero attached hydrogens (tertiary/aromatic N) is 4. The number of hydrogen-bond acceptors (Lipinski definition) is 7. The van der Waals surface area contributed by atoms with Crippen molar-refractivity contribution >= 4 is 33.2 Å². The molecule has 172 valence electrons. The highest BCUT2D eigenvalue weighted by Crippen LogP contribution is 2.23. The lowest BCUT2D eigenvalue weighted by atomic mass is 10.2. The first-order valence-electron chi connectivity index (χ1n) is 10.1. The number of ether oxygens (including phenoxy) is 1. The van der Waals surface area contributed by atoms with E-state index in [1.165, 1.54) is 32.6 Å². The molecule has 0 atom stereocenters. The summed E-state index contributed by atoms with van der Waals surface area (Å²) in [5.41, 5.74) is 0.700. The van der Waals surface area contributed by atoms with Crippen LogP contribution in [0, 0.1) is 5.82 Å². The smallest absolute Gasteiger partial charge is 0.332 e. The normalized spacial score (nSPS) is 11.3. The zero-order valence-electron chi connectivity index (χ0n) is 17.7. The summed E-state index contributed by atoms with van der Waals surface area (Å²) in [6, 6.07) is 13.0. The van der Waals surface area contributed by atoms with Crippen molar-refractivity contribution < 1.29 is 13.7 Å². The Balaban J connectivity index is 1.54. The van der Waals surface area contributed by atoms with Crippen LogP contribution in [0.5, 0.6) is 5.75 Å². The minimum absolute atomic E-state index is 0.0165. The van der Waals surface area contributed by atoms with Gasteiger partial charge in [-0.15, -0.1) is 11.3 Å². The molecule has 3 aromatic heterocycles. The Hall–Kier alpha value is -3.76. The van der Waals surface area contributed by atoms with Gasteiger partial charge in [0, 0.05) is 5.56 Å². The number of fused-ring (bicyclic) bond motifs is 1. The van der Waals surface area contributed by atoms with Gasteiger partial charge in [0.1, 0.15) is 22.8 Å². The van der Waals surface area contributed by atoms with Gasteiger partial charge in [0.25, 0.3) is 5.56 Å². The van der Waals surface area contributed by atoms with Gasteiger partial charge in [0.15, 0.2) is 0 Å². The first-order chi connectivity index (χ1) is 16.4. The third-order valence-electron chi connectivity index (χ3n) is 5.25. The molecule has 0 fully saturated rings. The van der Waals surface area contributed by atoms with E-state index in [1.54, 1.807) is 42.8 Å². The Bertz CT molecular complexity index is 1640. The molecule has 2 aromatic carbocycles. The van der Waals surface area contributed by atoms with Crippen LogP contribution in [0.25, 0.3) is 21.6 Å². The second-order valence-electron chi connectivity index (χ2n) is 7.39. The van der Waals surface area contributed by atoms with Crippen molar-refractivity contribution in [2.24, 2.45) is 0 Å². The van der Waals surface area contributed by atoms with E-state index in [2.05, 4.69) is 10.1 Å². The van der Waals surface area contributed by atoms with Crippen molar-refractivity contribution in [2.75, 3.05) is 7.11 Å². The summed E-state index contributed by atoms with van der Waals surface area (Å²) >= 11 is 6.98. The van der Waals surface area contributed by atoms with Crippen LogP contribution < -0.4 is 16.0 Å². The second-order valence-corrected chi connectivity index (χ2v) is 8.71. The van der Waals surface area contributed by atoms with Crippen LogP contribution >= 0.6 is 22.9 Å². The molecule has 5 aromatic rings. The van der Waals surface area contributed by atoms with Crippen molar-refractivity contribution in [1.82, 2.24) is 19.3 Å². The average molecular weight is 499 g/mol. The van der Waals surface area contributed by atoms with E-state index in [0.717, 1.165) is 5.56 Å². The van der Waals surface area contributed by atoms with Gasteiger partial charge in [-0.25, -0.2) is 9.18 Å². The summed E-state index contributed by atoms with van der Waals surface area (Å²) in [5, 5.41) is 5.61.